The zero-order valence-electron chi connectivity index (χ0n) is 13.7. The summed E-state index contributed by atoms with van der Waals surface area (Å²) in [6, 6.07) is 0. The molecule has 3 saturated heterocycles. The summed E-state index contributed by atoms with van der Waals surface area (Å²) >= 11 is 0. The molecule has 3 heterocycles. The molecule has 0 radical (unpaired) electrons. The van der Waals surface area contributed by atoms with Gasteiger partial charge in [0, 0.05) is 0 Å². The van der Waals surface area contributed by atoms with Crippen molar-refractivity contribution < 1.29 is 73.6 Å². The van der Waals surface area contributed by atoms with E-state index in [0.29, 0.717) is 0 Å². The molecule has 4 fully saturated rings. The SMILES string of the molecule is O=P12O[C@@]3(OC4OC(CO)C(O)C(O)C4O)[C@@H](O)[C@H](O)[C@@H](O)[C@@](O)(O1)[C@@]3(O)O2. The largest absolute Gasteiger partial charge is 0.483 e. The summed E-state index contributed by atoms with van der Waals surface area (Å²) in [4.78, 5) is 0. The van der Waals surface area contributed by atoms with Crippen LogP contribution in [0.5, 0.6) is 0 Å². The first-order chi connectivity index (χ1) is 12.9. The van der Waals surface area contributed by atoms with Gasteiger partial charge in [-0.15, -0.1) is 0 Å². The molecule has 0 aromatic carbocycles. The second-order valence-corrected chi connectivity index (χ2v) is 8.37. The zero-order valence-corrected chi connectivity index (χ0v) is 14.6. The van der Waals surface area contributed by atoms with E-state index in [1.165, 1.54) is 0 Å². The number of ether oxygens (including phenoxy) is 2. The zero-order chi connectivity index (χ0) is 20.9. The number of aliphatic hydroxyl groups is 9. The maximum absolute atomic E-state index is 12.4. The van der Waals surface area contributed by atoms with Crippen LogP contribution < -0.4 is 0 Å². The van der Waals surface area contributed by atoms with E-state index in [1.54, 1.807) is 0 Å². The van der Waals surface area contributed by atoms with Crippen molar-refractivity contribution >= 4 is 7.82 Å². The Hall–Kier alpha value is -0.330. The van der Waals surface area contributed by atoms with E-state index in [0.717, 1.165) is 0 Å². The Morgan fingerprint density at radius 1 is 0.857 bits per heavy atom. The number of phosphoric ester groups is 1. The van der Waals surface area contributed by atoms with Crippen LogP contribution in [0.3, 0.4) is 0 Å². The van der Waals surface area contributed by atoms with Crippen LogP contribution in [-0.4, -0.2) is 119 Å². The summed E-state index contributed by atoms with van der Waals surface area (Å²) in [7, 11) is -4.84. The number of aliphatic hydroxyl groups excluding tert-OH is 7. The van der Waals surface area contributed by atoms with Crippen molar-refractivity contribution in [2.24, 2.45) is 0 Å². The van der Waals surface area contributed by atoms with Crippen molar-refractivity contribution in [3.63, 3.8) is 0 Å². The highest BCUT2D eigenvalue weighted by molar-refractivity contribution is 7.49. The van der Waals surface area contributed by atoms with Gasteiger partial charge in [-0.05, 0) is 0 Å². The van der Waals surface area contributed by atoms with E-state index in [-0.39, 0.29) is 0 Å². The third-order valence-electron chi connectivity index (χ3n) is 5.28. The Labute approximate surface area is 155 Å². The fourth-order valence-electron chi connectivity index (χ4n) is 3.70. The summed E-state index contributed by atoms with van der Waals surface area (Å²) in [5, 5.41) is 90.5. The summed E-state index contributed by atoms with van der Waals surface area (Å²) in [6.45, 7) is -0.852. The second-order valence-electron chi connectivity index (χ2n) is 6.92. The first-order valence-corrected chi connectivity index (χ1v) is 9.51. The Kier molecular flexibility index (Phi) is 4.56. The molecule has 15 nitrogen and oxygen atoms in total. The molecule has 0 aromatic rings. The molecule has 4 rings (SSSR count). The molecule has 2 bridgehead atoms. The molecule has 12 atom stereocenters. The molecule has 6 unspecified atom stereocenters. The Morgan fingerprint density at radius 3 is 2.07 bits per heavy atom. The van der Waals surface area contributed by atoms with Crippen molar-refractivity contribution in [1.82, 2.24) is 0 Å². The van der Waals surface area contributed by atoms with Crippen molar-refractivity contribution in [3.8, 4) is 0 Å². The lowest BCUT2D eigenvalue weighted by Crippen LogP contribution is -2.83. The number of hydrogen-bond acceptors (Lipinski definition) is 15. The predicted octanol–water partition coefficient (Wildman–Crippen LogP) is -5.84. The van der Waals surface area contributed by atoms with Gasteiger partial charge in [0.2, 0.25) is 0 Å². The molecule has 28 heavy (non-hydrogen) atoms. The first kappa shape index (κ1) is 20.9. The predicted molar refractivity (Wildman–Crippen MR) is 76.4 cm³/mol. The van der Waals surface area contributed by atoms with Gasteiger partial charge >= 0.3 is 7.82 Å². The van der Waals surface area contributed by atoms with Crippen LogP contribution in [0, 0.1) is 0 Å². The maximum atomic E-state index is 12.4. The molecule has 1 aliphatic carbocycles. The topological polar surface area (TPSA) is 245 Å². The highest BCUT2D eigenvalue weighted by Crippen LogP contribution is 2.77. The van der Waals surface area contributed by atoms with Gasteiger partial charge in [0.1, 0.15) is 42.7 Å². The van der Waals surface area contributed by atoms with Crippen LogP contribution in [0.15, 0.2) is 0 Å². The molecular formula is C12H19O15P. The van der Waals surface area contributed by atoms with Gasteiger partial charge in [-0.1, -0.05) is 0 Å². The van der Waals surface area contributed by atoms with Crippen LogP contribution in [0.2, 0.25) is 0 Å². The number of rotatable bonds is 3. The molecular weight excluding hydrogens is 415 g/mol. The summed E-state index contributed by atoms with van der Waals surface area (Å²) in [6.07, 6.45) is -16.5. The normalized spacial score (nSPS) is 63.6. The Bertz CT molecular complexity index is 705. The lowest BCUT2D eigenvalue weighted by molar-refractivity contribution is -0.497. The molecule has 0 aromatic heterocycles. The van der Waals surface area contributed by atoms with Gasteiger partial charge in [0.15, 0.2) is 6.29 Å². The lowest BCUT2D eigenvalue weighted by Gasteiger charge is -2.56. The average molecular weight is 434 g/mol. The van der Waals surface area contributed by atoms with Crippen molar-refractivity contribution in [2.45, 2.75) is 66.4 Å². The average Bonchev–Trinajstić information content (AvgIpc) is 3.00. The summed E-state index contributed by atoms with van der Waals surface area (Å²) in [5.41, 5.74) is 0. The van der Waals surface area contributed by atoms with Crippen LogP contribution in [-0.2, 0) is 27.6 Å². The van der Waals surface area contributed by atoms with Gasteiger partial charge in [-0.2, -0.15) is 0 Å². The molecule has 1 saturated carbocycles. The van der Waals surface area contributed by atoms with E-state index >= 15 is 0 Å². The third kappa shape index (κ3) is 2.29. The van der Waals surface area contributed by atoms with Gasteiger partial charge in [0.25, 0.3) is 17.4 Å². The number of fused-ring (bicyclic) bond motifs is 1. The Morgan fingerprint density at radius 2 is 1.50 bits per heavy atom. The molecule has 9 N–H and O–H groups in total. The quantitative estimate of drug-likeness (QED) is 0.188. The van der Waals surface area contributed by atoms with Crippen LogP contribution >= 0.6 is 7.82 Å². The fourth-order valence-corrected chi connectivity index (χ4v) is 5.58. The van der Waals surface area contributed by atoms with Gasteiger partial charge in [0.05, 0.1) is 6.61 Å². The third-order valence-corrected chi connectivity index (χ3v) is 6.76. The van der Waals surface area contributed by atoms with Crippen molar-refractivity contribution in [3.05, 3.63) is 0 Å². The molecule has 0 amide bonds. The van der Waals surface area contributed by atoms with Crippen LogP contribution in [0.1, 0.15) is 0 Å². The maximum Gasteiger partial charge on any atom is 0.483 e. The van der Waals surface area contributed by atoms with Crippen molar-refractivity contribution in [2.75, 3.05) is 6.61 Å². The first-order valence-electron chi connectivity index (χ1n) is 8.05. The van der Waals surface area contributed by atoms with E-state index in [1.807, 2.05) is 0 Å². The van der Waals surface area contributed by atoms with Gasteiger partial charge in [-0.3, -0.25) is 0 Å². The van der Waals surface area contributed by atoms with E-state index in [4.69, 9.17) is 14.0 Å². The number of hydrogen-bond donors (Lipinski definition) is 9. The molecule has 162 valence electrons. The smallest absolute Gasteiger partial charge is 0.394 e. The number of phosphoric acid groups is 1. The van der Waals surface area contributed by atoms with Gasteiger partial charge < -0.3 is 55.4 Å². The monoisotopic (exact) mass is 434 g/mol. The second kappa shape index (κ2) is 6.10. The minimum atomic E-state index is -4.84. The van der Waals surface area contributed by atoms with E-state index in [9.17, 15) is 50.5 Å². The molecule has 0 spiro atoms. The Balaban J connectivity index is 1.75. The minimum Gasteiger partial charge on any atom is -0.394 e. The standard InChI is InChI=1S/C12H19O15P/c13-1-2-3(14)4(15)5(16)9(23-2)24-11-8(19)6(17)7(18)10(20)12(11,21)27-28(22,25-10)26-11/h2-9,13-21H,1H2/t2?,3?,4?,5?,6-,7-,8+,9?,10-,11+,12-,28?/m1/s1. The lowest BCUT2D eigenvalue weighted by atomic mass is 9.76. The van der Waals surface area contributed by atoms with E-state index < -0.39 is 80.8 Å². The minimum absolute atomic E-state index is 0.852. The molecule has 16 heteroatoms. The highest BCUT2D eigenvalue weighted by Gasteiger charge is 2.92. The highest BCUT2D eigenvalue weighted by atomic mass is 31.2. The molecule has 4 aliphatic rings. The van der Waals surface area contributed by atoms with Crippen LogP contribution in [0.25, 0.3) is 0 Å². The van der Waals surface area contributed by atoms with Crippen LogP contribution in [0.4, 0.5) is 0 Å². The summed E-state index contributed by atoms with van der Waals surface area (Å²) in [5.74, 6) is -9.80. The fraction of sp³-hybridized carbons (Fsp3) is 1.00. The summed E-state index contributed by atoms with van der Waals surface area (Å²) < 4.78 is 36.7. The van der Waals surface area contributed by atoms with E-state index in [2.05, 4.69) is 9.05 Å². The molecule has 3 aliphatic heterocycles. The van der Waals surface area contributed by atoms with Crippen molar-refractivity contribution in [1.29, 1.82) is 0 Å². The van der Waals surface area contributed by atoms with Gasteiger partial charge in [-0.25, -0.2) is 18.1 Å².